The molecule has 2 rings (SSSR count). The number of ether oxygens (including phenoxy) is 1. The molecule has 106 valence electrons. The summed E-state index contributed by atoms with van der Waals surface area (Å²) in [6.45, 7) is 4.29. The van der Waals surface area contributed by atoms with Crippen LogP contribution in [0.15, 0.2) is 18.2 Å². The summed E-state index contributed by atoms with van der Waals surface area (Å²) in [5, 5.41) is 9.07. The second-order valence-electron chi connectivity index (χ2n) is 4.35. The molecule has 4 nitrogen and oxygen atoms in total. The van der Waals surface area contributed by atoms with Crippen molar-refractivity contribution in [2.75, 3.05) is 0 Å². The molecule has 0 unspecified atom stereocenters. The van der Waals surface area contributed by atoms with E-state index < -0.39 is 0 Å². The lowest BCUT2D eigenvalue weighted by Crippen LogP contribution is -2.11. The fraction of sp³-hybridized carbons (Fsp3) is 0.286. The summed E-state index contributed by atoms with van der Waals surface area (Å²) in [5.41, 5.74) is 7.37. The lowest BCUT2D eigenvalue weighted by atomic mass is 10.2. The Hall–Kier alpha value is -1.59. The van der Waals surface area contributed by atoms with Gasteiger partial charge in [-0.1, -0.05) is 18.5 Å². The Morgan fingerprint density at radius 2 is 2.25 bits per heavy atom. The van der Waals surface area contributed by atoms with Crippen molar-refractivity contribution in [3.63, 3.8) is 0 Å². The fourth-order valence-corrected chi connectivity index (χ4v) is 2.81. The number of nitrogens with two attached hydrogens (primary N) is 1. The highest BCUT2D eigenvalue weighted by molar-refractivity contribution is 7.13. The third kappa shape index (κ3) is 3.29. The molecule has 0 saturated carbocycles. The zero-order chi connectivity index (χ0) is 14.7. The molecule has 3 N–H and O–H groups in total. The number of amidine groups is 1. The molecule has 2 aromatic rings. The number of nitrogen functional groups attached to an aromatic ring is 1. The number of aryl methyl sites for hydroxylation is 2. The Morgan fingerprint density at radius 3 is 2.80 bits per heavy atom. The van der Waals surface area contributed by atoms with Crippen molar-refractivity contribution < 1.29 is 4.74 Å². The third-order valence-corrected chi connectivity index (χ3v) is 4.34. The highest BCUT2D eigenvalue weighted by atomic mass is 35.5. The summed E-state index contributed by atoms with van der Waals surface area (Å²) in [4.78, 5) is 5.19. The highest BCUT2D eigenvalue weighted by Gasteiger charge is 2.12. The van der Waals surface area contributed by atoms with Gasteiger partial charge < -0.3 is 10.5 Å². The van der Waals surface area contributed by atoms with E-state index in [9.17, 15) is 0 Å². The standard InChI is InChI=1S/C14H16ClN3OS/c1-3-11-13(14(16)17)20-12(18-11)7-19-9-4-5-10(15)8(2)6-9/h4-6H,3,7H2,1-2H3,(H3,16,17). The Balaban J connectivity index is 2.10. The molecule has 0 amide bonds. The number of hydrogen-bond donors (Lipinski definition) is 2. The molecule has 0 spiro atoms. The van der Waals surface area contributed by atoms with E-state index in [2.05, 4.69) is 4.98 Å². The number of aromatic nitrogens is 1. The topological polar surface area (TPSA) is 72.0 Å². The van der Waals surface area contributed by atoms with Crippen LogP contribution < -0.4 is 10.5 Å². The monoisotopic (exact) mass is 309 g/mol. The van der Waals surface area contributed by atoms with E-state index in [4.69, 9.17) is 27.5 Å². The molecule has 0 atom stereocenters. The number of rotatable bonds is 5. The van der Waals surface area contributed by atoms with E-state index in [1.165, 1.54) is 11.3 Å². The van der Waals surface area contributed by atoms with E-state index in [1.807, 2.05) is 32.0 Å². The van der Waals surface area contributed by atoms with Crippen molar-refractivity contribution in [2.24, 2.45) is 5.73 Å². The molecular weight excluding hydrogens is 294 g/mol. The van der Waals surface area contributed by atoms with Crippen molar-refractivity contribution in [3.05, 3.63) is 44.4 Å². The first-order valence-electron chi connectivity index (χ1n) is 6.23. The lowest BCUT2D eigenvalue weighted by molar-refractivity contribution is 0.305. The van der Waals surface area contributed by atoms with E-state index in [1.54, 1.807) is 0 Å². The van der Waals surface area contributed by atoms with Gasteiger partial charge in [0.15, 0.2) is 0 Å². The van der Waals surface area contributed by atoms with Crippen LogP contribution in [0, 0.1) is 12.3 Å². The summed E-state index contributed by atoms with van der Waals surface area (Å²) in [5.74, 6) is 0.817. The van der Waals surface area contributed by atoms with Crippen LogP contribution in [0.5, 0.6) is 5.75 Å². The zero-order valence-corrected chi connectivity index (χ0v) is 12.9. The maximum absolute atomic E-state index is 7.53. The summed E-state index contributed by atoms with van der Waals surface area (Å²) >= 11 is 7.38. The molecule has 1 aromatic heterocycles. The molecule has 0 aliphatic carbocycles. The molecule has 0 bridgehead atoms. The van der Waals surface area contributed by atoms with Crippen molar-refractivity contribution >= 4 is 28.8 Å². The van der Waals surface area contributed by atoms with E-state index >= 15 is 0 Å². The van der Waals surface area contributed by atoms with E-state index in [-0.39, 0.29) is 5.84 Å². The van der Waals surface area contributed by atoms with Gasteiger partial charge in [-0.2, -0.15) is 0 Å². The SMILES string of the molecule is CCc1nc(COc2ccc(Cl)c(C)c2)sc1C(=N)N. The average Bonchev–Trinajstić information content (AvgIpc) is 2.84. The van der Waals surface area contributed by atoms with Gasteiger partial charge in [0.05, 0.1) is 10.6 Å². The van der Waals surface area contributed by atoms with E-state index in [0.29, 0.717) is 6.61 Å². The van der Waals surface area contributed by atoms with Crippen LogP contribution in [0.4, 0.5) is 0 Å². The van der Waals surface area contributed by atoms with Gasteiger partial charge in [-0.3, -0.25) is 5.41 Å². The first-order chi connectivity index (χ1) is 9.51. The van der Waals surface area contributed by atoms with E-state index in [0.717, 1.165) is 38.3 Å². The third-order valence-electron chi connectivity index (χ3n) is 2.81. The van der Waals surface area contributed by atoms with Gasteiger partial charge in [-0.05, 0) is 37.1 Å². The molecule has 1 aromatic carbocycles. The maximum Gasteiger partial charge on any atom is 0.140 e. The second-order valence-corrected chi connectivity index (χ2v) is 5.84. The molecule has 20 heavy (non-hydrogen) atoms. The minimum Gasteiger partial charge on any atom is -0.486 e. The fourth-order valence-electron chi connectivity index (χ4n) is 1.76. The van der Waals surface area contributed by atoms with Gasteiger partial charge in [-0.15, -0.1) is 11.3 Å². The average molecular weight is 310 g/mol. The number of thiazole rings is 1. The summed E-state index contributed by atoms with van der Waals surface area (Å²) in [7, 11) is 0. The predicted octanol–water partition coefficient (Wildman–Crippen LogP) is 3.53. The quantitative estimate of drug-likeness (QED) is 0.655. The normalized spacial score (nSPS) is 10.6. The number of nitrogens with zero attached hydrogens (tertiary/aromatic N) is 1. The molecule has 1 heterocycles. The zero-order valence-electron chi connectivity index (χ0n) is 11.4. The molecule has 0 saturated heterocycles. The minimum atomic E-state index is 0.0629. The number of hydrogen-bond acceptors (Lipinski definition) is 4. The van der Waals surface area contributed by atoms with Gasteiger partial charge >= 0.3 is 0 Å². The van der Waals surface area contributed by atoms with Crippen molar-refractivity contribution in [1.29, 1.82) is 5.41 Å². The highest BCUT2D eigenvalue weighted by Crippen LogP contribution is 2.24. The van der Waals surface area contributed by atoms with Crippen molar-refractivity contribution in [1.82, 2.24) is 4.98 Å². The van der Waals surface area contributed by atoms with Crippen molar-refractivity contribution in [3.8, 4) is 5.75 Å². The summed E-state index contributed by atoms with van der Waals surface area (Å²) in [6, 6.07) is 5.53. The van der Waals surface area contributed by atoms with Crippen LogP contribution in [0.25, 0.3) is 0 Å². The van der Waals surface area contributed by atoms with Crippen LogP contribution >= 0.6 is 22.9 Å². The lowest BCUT2D eigenvalue weighted by Gasteiger charge is -2.05. The van der Waals surface area contributed by atoms with Gasteiger partial charge in [0.1, 0.15) is 23.2 Å². The smallest absolute Gasteiger partial charge is 0.140 e. The number of nitrogens with one attached hydrogen (secondary N) is 1. The predicted molar refractivity (Wildman–Crippen MR) is 83.0 cm³/mol. The van der Waals surface area contributed by atoms with Crippen LogP contribution in [-0.2, 0) is 13.0 Å². The minimum absolute atomic E-state index is 0.0629. The molecule has 0 radical (unpaired) electrons. The Morgan fingerprint density at radius 1 is 1.50 bits per heavy atom. The van der Waals surface area contributed by atoms with Crippen LogP contribution in [0.2, 0.25) is 5.02 Å². The summed E-state index contributed by atoms with van der Waals surface area (Å²) in [6.07, 6.45) is 0.755. The Bertz CT molecular complexity index is 639. The molecule has 0 aliphatic rings. The van der Waals surface area contributed by atoms with Gasteiger partial charge in [0.25, 0.3) is 0 Å². The first kappa shape index (κ1) is 14.8. The number of halogens is 1. The van der Waals surface area contributed by atoms with Crippen molar-refractivity contribution in [2.45, 2.75) is 26.9 Å². The second kappa shape index (κ2) is 6.24. The summed E-state index contributed by atoms with van der Waals surface area (Å²) < 4.78 is 5.70. The maximum atomic E-state index is 7.53. The largest absolute Gasteiger partial charge is 0.486 e. The van der Waals surface area contributed by atoms with Crippen LogP contribution in [0.1, 0.15) is 28.1 Å². The molecule has 6 heteroatoms. The molecule has 0 fully saturated rings. The molecule has 0 aliphatic heterocycles. The van der Waals surface area contributed by atoms with Gasteiger partial charge in [0.2, 0.25) is 0 Å². The first-order valence-corrected chi connectivity index (χ1v) is 7.42. The number of benzene rings is 1. The molecular formula is C14H16ClN3OS. The van der Waals surface area contributed by atoms with Crippen LogP contribution in [0.3, 0.4) is 0 Å². The van der Waals surface area contributed by atoms with Crippen LogP contribution in [-0.4, -0.2) is 10.8 Å². The Kier molecular flexibility index (Phi) is 4.62. The van der Waals surface area contributed by atoms with Gasteiger partial charge in [-0.25, -0.2) is 4.98 Å². The van der Waals surface area contributed by atoms with Gasteiger partial charge in [0, 0.05) is 5.02 Å². The Labute approximate surface area is 127 Å².